The first-order valence-electron chi connectivity index (χ1n) is 6.20. The van der Waals surface area contributed by atoms with E-state index in [1.807, 2.05) is 24.3 Å². The van der Waals surface area contributed by atoms with E-state index in [0.29, 0.717) is 12.3 Å². The molecular weight excluding hydrogens is 240 g/mol. The fourth-order valence-electron chi connectivity index (χ4n) is 1.96. The van der Waals surface area contributed by atoms with E-state index in [1.54, 1.807) is 11.8 Å². The Morgan fingerprint density at radius 1 is 1.32 bits per heavy atom. The van der Waals surface area contributed by atoms with Crippen molar-refractivity contribution in [2.45, 2.75) is 26.0 Å². The maximum Gasteiger partial charge on any atom is 0.188 e. The van der Waals surface area contributed by atoms with Gasteiger partial charge in [-0.2, -0.15) is 5.26 Å². The molecule has 0 saturated carbocycles. The number of hydrogen-bond acceptors (Lipinski definition) is 4. The maximum atomic E-state index is 8.94. The highest BCUT2D eigenvalue weighted by Gasteiger charge is 2.11. The van der Waals surface area contributed by atoms with Gasteiger partial charge in [0.1, 0.15) is 11.8 Å². The molecule has 5 heteroatoms. The molecule has 0 spiro atoms. The number of nitriles is 1. The van der Waals surface area contributed by atoms with Crippen LogP contribution in [-0.4, -0.2) is 22.1 Å². The van der Waals surface area contributed by atoms with Crippen LogP contribution in [0.5, 0.6) is 0 Å². The van der Waals surface area contributed by atoms with E-state index < -0.39 is 0 Å². The molecule has 1 aromatic carbocycles. The quantitative estimate of drug-likeness (QED) is 0.792. The summed E-state index contributed by atoms with van der Waals surface area (Å²) in [5.74, 6) is 0. The maximum absolute atomic E-state index is 8.94. The highest BCUT2D eigenvalue weighted by Crippen LogP contribution is 2.08. The number of rotatable bonds is 6. The van der Waals surface area contributed by atoms with E-state index in [2.05, 4.69) is 22.4 Å². The van der Waals surface area contributed by atoms with Crippen molar-refractivity contribution in [3.8, 4) is 6.07 Å². The number of methoxy groups -OCH3 is 1. The Kier molecular flexibility index (Phi) is 4.65. The molecule has 0 aliphatic carbocycles. The third kappa shape index (κ3) is 3.39. The Balaban J connectivity index is 1.96. The fourth-order valence-corrected chi connectivity index (χ4v) is 1.96. The Hall–Kier alpha value is -2.19. The molecule has 0 radical (unpaired) electrons. The van der Waals surface area contributed by atoms with Crippen molar-refractivity contribution < 1.29 is 4.74 Å². The summed E-state index contributed by atoms with van der Waals surface area (Å²) in [7, 11) is 1.60. The second kappa shape index (κ2) is 6.66. The van der Waals surface area contributed by atoms with Gasteiger partial charge in [0.2, 0.25) is 0 Å². The van der Waals surface area contributed by atoms with Crippen LogP contribution >= 0.6 is 0 Å². The van der Waals surface area contributed by atoms with Crippen LogP contribution in [0.4, 0.5) is 0 Å². The normalized spacial score (nSPS) is 10.3. The summed E-state index contributed by atoms with van der Waals surface area (Å²) in [5, 5.41) is 16.8. The molecule has 0 aliphatic heterocycles. The zero-order valence-corrected chi connectivity index (χ0v) is 10.9. The van der Waals surface area contributed by atoms with Gasteiger partial charge in [-0.25, -0.2) is 4.68 Å². The zero-order chi connectivity index (χ0) is 13.5. The van der Waals surface area contributed by atoms with Crippen molar-refractivity contribution >= 4 is 0 Å². The summed E-state index contributed by atoms with van der Waals surface area (Å²) in [6.07, 6.45) is 1.93. The topological polar surface area (TPSA) is 63.7 Å². The molecule has 98 valence electrons. The minimum Gasteiger partial charge on any atom is -0.378 e. The minimum absolute atomic E-state index is 0.349. The first kappa shape index (κ1) is 13.2. The van der Waals surface area contributed by atoms with Gasteiger partial charge in [0.05, 0.1) is 6.61 Å². The van der Waals surface area contributed by atoms with Gasteiger partial charge in [0, 0.05) is 13.7 Å². The minimum atomic E-state index is 0.349. The molecular formula is C14H16N4O. The van der Waals surface area contributed by atoms with Gasteiger partial charge in [0.15, 0.2) is 5.69 Å². The molecule has 0 unspecified atom stereocenters. The molecule has 0 amide bonds. The van der Waals surface area contributed by atoms with E-state index in [1.165, 1.54) is 5.56 Å². The molecule has 0 saturated heterocycles. The average molecular weight is 256 g/mol. The van der Waals surface area contributed by atoms with Gasteiger partial charge in [0.25, 0.3) is 0 Å². The number of nitrogens with zero attached hydrogens (tertiary/aromatic N) is 4. The zero-order valence-electron chi connectivity index (χ0n) is 10.9. The third-order valence-electron chi connectivity index (χ3n) is 2.90. The second-order valence-corrected chi connectivity index (χ2v) is 4.24. The van der Waals surface area contributed by atoms with Crippen LogP contribution in [0, 0.1) is 11.3 Å². The van der Waals surface area contributed by atoms with Crippen molar-refractivity contribution in [3.63, 3.8) is 0 Å². The van der Waals surface area contributed by atoms with Crippen molar-refractivity contribution in [1.29, 1.82) is 5.26 Å². The third-order valence-corrected chi connectivity index (χ3v) is 2.90. The second-order valence-electron chi connectivity index (χ2n) is 4.24. The Morgan fingerprint density at radius 2 is 2.11 bits per heavy atom. The Labute approximate surface area is 112 Å². The standard InChI is InChI=1S/C14H16N4O/c1-19-11-14-13(10-15)16-17-18(14)9-5-8-12-6-3-2-4-7-12/h2-4,6-7H,5,8-9,11H2,1H3. The molecule has 5 nitrogen and oxygen atoms in total. The SMILES string of the molecule is COCc1c(C#N)nnn1CCCc1ccccc1. The van der Waals surface area contributed by atoms with Crippen molar-refractivity contribution in [1.82, 2.24) is 15.0 Å². The molecule has 2 rings (SSSR count). The van der Waals surface area contributed by atoms with Gasteiger partial charge in [-0.15, -0.1) is 5.10 Å². The first-order valence-corrected chi connectivity index (χ1v) is 6.20. The predicted octanol–water partition coefficient (Wildman–Crippen LogP) is 1.93. The molecule has 0 atom stereocenters. The average Bonchev–Trinajstić information content (AvgIpc) is 2.83. The van der Waals surface area contributed by atoms with Gasteiger partial charge in [-0.05, 0) is 18.4 Å². The van der Waals surface area contributed by atoms with Crippen LogP contribution in [0.3, 0.4) is 0 Å². The molecule has 1 heterocycles. The van der Waals surface area contributed by atoms with Gasteiger partial charge in [-0.1, -0.05) is 35.5 Å². The van der Waals surface area contributed by atoms with Crippen molar-refractivity contribution in [2.24, 2.45) is 0 Å². The number of ether oxygens (including phenoxy) is 1. The summed E-state index contributed by atoms with van der Waals surface area (Å²) < 4.78 is 6.84. The number of aryl methyl sites for hydroxylation is 2. The van der Waals surface area contributed by atoms with Gasteiger partial charge >= 0.3 is 0 Å². The predicted molar refractivity (Wildman–Crippen MR) is 70.2 cm³/mol. The van der Waals surface area contributed by atoms with E-state index in [0.717, 1.165) is 25.1 Å². The molecule has 19 heavy (non-hydrogen) atoms. The summed E-state index contributed by atoms with van der Waals surface area (Å²) >= 11 is 0. The van der Waals surface area contributed by atoms with E-state index in [-0.39, 0.29) is 0 Å². The van der Waals surface area contributed by atoms with Crippen LogP contribution in [-0.2, 0) is 24.3 Å². The lowest BCUT2D eigenvalue weighted by Gasteiger charge is -2.05. The lowest BCUT2D eigenvalue weighted by molar-refractivity contribution is 0.176. The Morgan fingerprint density at radius 3 is 2.79 bits per heavy atom. The van der Waals surface area contributed by atoms with E-state index in [9.17, 15) is 0 Å². The van der Waals surface area contributed by atoms with Gasteiger partial charge in [-0.3, -0.25) is 0 Å². The van der Waals surface area contributed by atoms with Gasteiger partial charge < -0.3 is 4.74 Å². The molecule has 0 bridgehead atoms. The molecule has 0 aliphatic rings. The molecule has 2 aromatic rings. The summed E-state index contributed by atoms with van der Waals surface area (Å²) in [4.78, 5) is 0. The lowest BCUT2D eigenvalue weighted by atomic mass is 10.1. The molecule has 1 aromatic heterocycles. The number of aromatic nitrogens is 3. The monoisotopic (exact) mass is 256 g/mol. The number of hydrogen-bond donors (Lipinski definition) is 0. The molecule has 0 fully saturated rings. The Bertz CT molecular complexity index is 557. The first-order chi connectivity index (χ1) is 9.35. The molecule has 0 N–H and O–H groups in total. The summed E-state index contributed by atoms with van der Waals surface area (Å²) in [5.41, 5.74) is 2.40. The van der Waals surface area contributed by atoms with Crippen LogP contribution in [0.1, 0.15) is 23.4 Å². The van der Waals surface area contributed by atoms with Crippen molar-refractivity contribution in [2.75, 3.05) is 7.11 Å². The van der Waals surface area contributed by atoms with Crippen LogP contribution < -0.4 is 0 Å². The van der Waals surface area contributed by atoms with Crippen molar-refractivity contribution in [3.05, 3.63) is 47.3 Å². The summed E-state index contributed by atoms with van der Waals surface area (Å²) in [6.45, 7) is 1.10. The largest absolute Gasteiger partial charge is 0.378 e. The van der Waals surface area contributed by atoms with Crippen LogP contribution in [0.2, 0.25) is 0 Å². The fraction of sp³-hybridized carbons (Fsp3) is 0.357. The lowest BCUT2D eigenvalue weighted by Crippen LogP contribution is -2.07. The van der Waals surface area contributed by atoms with E-state index >= 15 is 0 Å². The highest BCUT2D eigenvalue weighted by molar-refractivity contribution is 5.24. The smallest absolute Gasteiger partial charge is 0.188 e. The number of benzene rings is 1. The summed E-state index contributed by atoms with van der Waals surface area (Å²) in [6, 6.07) is 12.3. The highest BCUT2D eigenvalue weighted by atomic mass is 16.5. The van der Waals surface area contributed by atoms with Crippen LogP contribution in [0.15, 0.2) is 30.3 Å². The van der Waals surface area contributed by atoms with E-state index in [4.69, 9.17) is 10.00 Å². The van der Waals surface area contributed by atoms with Crippen LogP contribution in [0.25, 0.3) is 0 Å².